The second kappa shape index (κ2) is 7.98. The van der Waals surface area contributed by atoms with Crippen molar-refractivity contribution in [1.29, 1.82) is 0 Å². The number of unbranched alkanes of at least 4 members (excludes halogenated alkanes) is 1. The van der Waals surface area contributed by atoms with E-state index in [2.05, 4.69) is 26.0 Å². The lowest BCUT2D eigenvalue weighted by Crippen LogP contribution is -2.10. The predicted octanol–water partition coefficient (Wildman–Crippen LogP) is 6.31. The van der Waals surface area contributed by atoms with Crippen LogP contribution in [0.3, 0.4) is 0 Å². The summed E-state index contributed by atoms with van der Waals surface area (Å²) in [5.41, 5.74) is 4.23. The van der Waals surface area contributed by atoms with Crippen molar-refractivity contribution >= 4 is 22.4 Å². The number of rotatable bonds is 6. The van der Waals surface area contributed by atoms with Crippen molar-refractivity contribution in [2.75, 3.05) is 0 Å². The van der Waals surface area contributed by atoms with Gasteiger partial charge in [0, 0.05) is 22.7 Å². The van der Waals surface area contributed by atoms with Gasteiger partial charge in [0.1, 0.15) is 0 Å². The molecule has 25 heavy (non-hydrogen) atoms. The number of para-hydroxylation sites is 1. The van der Waals surface area contributed by atoms with Crippen molar-refractivity contribution in [1.82, 2.24) is 4.57 Å². The molecule has 0 aliphatic carbocycles. The van der Waals surface area contributed by atoms with Crippen LogP contribution in [0.15, 0.2) is 66.9 Å². The predicted molar refractivity (Wildman–Crippen MR) is 106 cm³/mol. The Kier molecular flexibility index (Phi) is 5.49. The average Bonchev–Trinajstić information content (AvgIpc) is 3.05. The van der Waals surface area contributed by atoms with E-state index in [1.807, 2.05) is 54.7 Å². The van der Waals surface area contributed by atoms with Crippen LogP contribution in [0.2, 0.25) is 0 Å². The van der Waals surface area contributed by atoms with Gasteiger partial charge in [0.2, 0.25) is 0 Å². The third-order valence-corrected chi connectivity index (χ3v) is 4.50. The molecule has 2 heteroatoms. The molecular formula is C23H25NO. The molecule has 0 saturated carbocycles. The van der Waals surface area contributed by atoms with Crippen LogP contribution < -0.4 is 0 Å². The number of fused-ring (bicyclic) bond motifs is 1. The van der Waals surface area contributed by atoms with E-state index in [0.29, 0.717) is 5.56 Å². The number of carbonyl (C=O) groups is 1. The lowest BCUT2D eigenvalue weighted by Gasteiger charge is -2.05. The average molecular weight is 331 g/mol. The summed E-state index contributed by atoms with van der Waals surface area (Å²) in [6, 6.07) is 17.7. The highest BCUT2D eigenvalue weighted by Crippen LogP contribution is 2.31. The Bertz CT molecular complexity index is 887. The topological polar surface area (TPSA) is 22.0 Å². The van der Waals surface area contributed by atoms with E-state index in [-0.39, 0.29) is 5.91 Å². The van der Waals surface area contributed by atoms with Crippen molar-refractivity contribution in [2.45, 2.75) is 39.5 Å². The van der Waals surface area contributed by atoms with Gasteiger partial charge in [-0.3, -0.25) is 9.36 Å². The minimum Gasteiger partial charge on any atom is -0.283 e. The van der Waals surface area contributed by atoms with Crippen molar-refractivity contribution in [2.24, 2.45) is 0 Å². The molecule has 0 saturated heterocycles. The lowest BCUT2D eigenvalue weighted by molar-refractivity contribution is 0.0965. The normalized spacial score (nSPS) is 11.8. The molecule has 0 unspecified atom stereocenters. The number of benzene rings is 2. The van der Waals surface area contributed by atoms with Crippen LogP contribution in [-0.2, 0) is 0 Å². The van der Waals surface area contributed by atoms with Crippen LogP contribution >= 0.6 is 0 Å². The summed E-state index contributed by atoms with van der Waals surface area (Å²) in [7, 11) is 0. The van der Waals surface area contributed by atoms with E-state index >= 15 is 0 Å². The van der Waals surface area contributed by atoms with E-state index in [1.165, 1.54) is 11.1 Å². The van der Waals surface area contributed by atoms with Gasteiger partial charge in [-0.15, -0.1) is 0 Å². The Morgan fingerprint density at radius 1 is 0.960 bits per heavy atom. The van der Waals surface area contributed by atoms with Gasteiger partial charge >= 0.3 is 0 Å². The smallest absolute Gasteiger partial charge is 0.262 e. The van der Waals surface area contributed by atoms with Gasteiger partial charge in [-0.1, -0.05) is 69.2 Å². The van der Waals surface area contributed by atoms with Crippen LogP contribution in [-0.4, -0.2) is 10.5 Å². The van der Waals surface area contributed by atoms with E-state index in [0.717, 1.165) is 36.6 Å². The first-order valence-corrected chi connectivity index (χ1v) is 9.15. The minimum atomic E-state index is 0.0226. The Balaban J connectivity index is 2.14. The standard InChI is InChI=1S/C23H25NO/c1-3-5-12-18(11-4-2)21-17-24(22-16-10-9-15-20(21)22)23(25)19-13-7-6-8-14-19/h6-10,12-17H,3-5,11H2,1-2H3/b18-12+. The highest BCUT2D eigenvalue weighted by Gasteiger charge is 2.16. The number of carbonyl (C=O) groups excluding carboxylic acids is 1. The molecule has 3 rings (SSSR count). The minimum absolute atomic E-state index is 0.0226. The molecule has 1 aromatic heterocycles. The number of hydrogen-bond donors (Lipinski definition) is 0. The van der Waals surface area contributed by atoms with E-state index in [9.17, 15) is 4.79 Å². The van der Waals surface area contributed by atoms with Crippen molar-refractivity contribution in [3.05, 3.63) is 78.0 Å². The highest BCUT2D eigenvalue weighted by atomic mass is 16.2. The maximum Gasteiger partial charge on any atom is 0.262 e. The van der Waals surface area contributed by atoms with Gasteiger partial charge in [-0.25, -0.2) is 0 Å². The van der Waals surface area contributed by atoms with Crippen LogP contribution in [0.25, 0.3) is 16.5 Å². The molecule has 0 aliphatic rings. The maximum absolute atomic E-state index is 13.0. The van der Waals surface area contributed by atoms with Crippen LogP contribution in [0, 0.1) is 0 Å². The molecule has 0 amide bonds. The molecule has 0 spiro atoms. The molecule has 0 aliphatic heterocycles. The fourth-order valence-corrected chi connectivity index (χ4v) is 3.26. The molecule has 0 bridgehead atoms. The zero-order valence-corrected chi connectivity index (χ0v) is 15.0. The summed E-state index contributed by atoms with van der Waals surface area (Å²) in [4.78, 5) is 13.0. The van der Waals surface area contributed by atoms with E-state index < -0.39 is 0 Å². The molecule has 128 valence electrons. The zero-order chi connectivity index (χ0) is 17.6. The van der Waals surface area contributed by atoms with Gasteiger partial charge < -0.3 is 0 Å². The number of allylic oxidation sites excluding steroid dienone is 2. The molecule has 0 fully saturated rings. The lowest BCUT2D eigenvalue weighted by atomic mass is 9.99. The summed E-state index contributed by atoms with van der Waals surface area (Å²) < 4.78 is 1.80. The first-order valence-electron chi connectivity index (χ1n) is 9.15. The van der Waals surface area contributed by atoms with Gasteiger partial charge in [0.05, 0.1) is 5.52 Å². The maximum atomic E-state index is 13.0. The van der Waals surface area contributed by atoms with Crippen LogP contribution in [0.4, 0.5) is 0 Å². The summed E-state index contributed by atoms with van der Waals surface area (Å²) in [6.07, 6.45) is 8.70. The monoisotopic (exact) mass is 331 g/mol. The third kappa shape index (κ3) is 3.58. The zero-order valence-electron chi connectivity index (χ0n) is 15.0. The first kappa shape index (κ1) is 17.2. The summed E-state index contributed by atoms with van der Waals surface area (Å²) in [5, 5.41) is 1.16. The van der Waals surface area contributed by atoms with Crippen LogP contribution in [0.1, 0.15) is 55.5 Å². The molecule has 3 aromatic rings. The third-order valence-electron chi connectivity index (χ3n) is 4.50. The van der Waals surface area contributed by atoms with Crippen molar-refractivity contribution in [3.63, 3.8) is 0 Å². The Morgan fingerprint density at radius 3 is 2.40 bits per heavy atom. The molecular weight excluding hydrogens is 306 g/mol. The highest BCUT2D eigenvalue weighted by molar-refractivity contribution is 6.05. The summed E-state index contributed by atoms with van der Waals surface area (Å²) >= 11 is 0. The van der Waals surface area contributed by atoms with Gasteiger partial charge in [-0.2, -0.15) is 0 Å². The fourth-order valence-electron chi connectivity index (χ4n) is 3.26. The number of nitrogens with zero attached hydrogens (tertiary/aromatic N) is 1. The van der Waals surface area contributed by atoms with Gasteiger partial charge in [0.15, 0.2) is 0 Å². The van der Waals surface area contributed by atoms with Gasteiger partial charge in [0.25, 0.3) is 5.91 Å². The quantitative estimate of drug-likeness (QED) is 0.518. The molecule has 0 N–H and O–H groups in total. The first-order chi connectivity index (χ1) is 12.3. The largest absolute Gasteiger partial charge is 0.283 e. The second-order valence-electron chi connectivity index (χ2n) is 6.37. The fraction of sp³-hybridized carbons (Fsp3) is 0.261. The summed E-state index contributed by atoms with van der Waals surface area (Å²) in [6.45, 7) is 4.40. The molecule has 2 aromatic carbocycles. The molecule has 0 radical (unpaired) electrons. The van der Waals surface area contributed by atoms with E-state index in [4.69, 9.17) is 0 Å². The van der Waals surface area contributed by atoms with Crippen molar-refractivity contribution in [3.8, 4) is 0 Å². The van der Waals surface area contributed by atoms with E-state index in [1.54, 1.807) is 4.57 Å². The SMILES string of the molecule is CCC/C=C(\CCC)c1cn(C(=O)c2ccccc2)c2ccccc12. The molecule has 1 heterocycles. The molecule has 2 nitrogen and oxygen atoms in total. The second-order valence-corrected chi connectivity index (χ2v) is 6.37. The molecule has 0 atom stereocenters. The summed E-state index contributed by atoms with van der Waals surface area (Å²) in [5.74, 6) is 0.0226. The Hall–Kier alpha value is -2.61. The Morgan fingerprint density at radius 2 is 1.68 bits per heavy atom. The van der Waals surface area contributed by atoms with Crippen molar-refractivity contribution < 1.29 is 4.79 Å². The Labute approximate surface area is 149 Å². The number of hydrogen-bond acceptors (Lipinski definition) is 1. The van der Waals surface area contributed by atoms with Gasteiger partial charge in [-0.05, 0) is 36.6 Å². The van der Waals surface area contributed by atoms with Crippen LogP contribution in [0.5, 0.6) is 0 Å². The number of aromatic nitrogens is 1.